The molecule has 0 amide bonds. The molecule has 8 heteroatoms. The van der Waals surface area contributed by atoms with Crippen LogP contribution in [0.1, 0.15) is 0 Å². The molecule has 0 aliphatic carbocycles. The lowest BCUT2D eigenvalue weighted by Gasteiger charge is -2.11. The van der Waals surface area contributed by atoms with Crippen LogP contribution in [0.2, 0.25) is 0 Å². The molecular weight excluding hydrogens is 1360 g/mol. The van der Waals surface area contributed by atoms with Crippen LogP contribution in [0.15, 0.2) is 340 Å². The molecule has 0 radical (unpaired) electrons. The summed E-state index contributed by atoms with van der Waals surface area (Å²) in [5.41, 5.74) is 22.6. The van der Waals surface area contributed by atoms with Gasteiger partial charge in [0.15, 0.2) is 0 Å². The highest BCUT2D eigenvalue weighted by Crippen LogP contribution is 2.53. The zero-order valence-corrected chi connectivity index (χ0v) is 60.0. The van der Waals surface area contributed by atoms with Crippen LogP contribution < -0.4 is 0 Å². The monoisotopic (exact) mass is 1420 g/mol. The number of benzene rings is 16. The van der Waals surface area contributed by atoms with E-state index in [1.165, 1.54) is 143 Å². The molecule has 0 saturated heterocycles. The highest BCUT2D eigenvalue weighted by molar-refractivity contribution is 7.28. The van der Waals surface area contributed by atoms with Gasteiger partial charge in [-0.15, -0.1) is 45.3 Å². The number of hydrogen-bond donors (Lipinski definition) is 0. The first-order valence-electron chi connectivity index (χ1n) is 35.4. The van der Waals surface area contributed by atoms with Gasteiger partial charge >= 0.3 is 0 Å². The molecule has 0 aliphatic heterocycles. The van der Waals surface area contributed by atoms with Crippen LogP contribution in [0, 0.1) is 13.1 Å². The van der Waals surface area contributed by atoms with Gasteiger partial charge in [0.2, 0.25) is 11.4 Å². The molecule has 6 heterocycles. The standard InChI is InChI=1S/2C49H28N2S2/c1-50-40-25-24-35(34-17-11-21-45-46(34)36-16-8-9-20-44(36)52-45)47-37-18-10-19-43(48(37)53-49(40)47)51-41-26-22-32(30-12-4-2-5-13-30)28-38(41)39-29-33(23-27-42(39)51)31-14-6-3-7-15-31;1-50-41-23-22-35(34-21-26-46-40(29-34)36-15-8-9-18-45(36)52-46)47-37-16-10-17-44(48(37)53-49(41)47)51-42-24-19-32(30-11-4-2-5-12-30)27-38(42)39-28-33(20-25-43(39)51)31-13-6-3-7-14-31/h2*2-29H. The Labute approximate surface area is 625 Å². The average Bonchev–Trinajstić information content (AvgIpc) is 1.56. The molecule has 0 saturated carbocycles. The molecule has 0 atom stereocenters. The molecule has 492 valence electrons. The van der Waals surface area contributed by atoms with E-state index in [0.29, 0.717) is 11.4 Å². The van der Waals surface area contributed by atoms with Crippen molar-refractivity contribution in [2.75, 3.05) is 0 Å². The maximum absolute atomic E-state index is 8.21. The van der Waals surface area contributed by atoms with E-state index in [4.69, 9.17) is 13.1 Å². The van der Waals surface area contributed by atoms with Gasteiger partial charge in [0.05, 0.1) is 56.0 Å². The molecule has 106 heavy (non-hydrogen) atoms. The van der Waals surface area contributed by atoms with Crippen LogP contribution in [-0.2, 0) is 0 Å². The summed E-state index contributed by atoms with van der Waals surface area (Å²) in [6.07, 6.45) is 0. The fraction of sp³-hybridized carbons (Fsp3) is 0. The van der Waals surface area contributed by atoms with Gasteiger partial charge in [-0.1, -0.05) is 249 Å². The van der Waals surface area contributed by atoms with Crippen molar-refractivity contribution in [2.24, 2.45) is 0 Å². The number of rotatable bonds is 8. The normalized spacial score (nSPS) is 11.8. The Hall–Kier alpha value is -13.0. The fourth-order valence-electron chi connectivity index (χ4n) is 16.4. The van der Waals surface area contributed by atoms with Crippen molar-refractivity contribution in [3.63, 3.8) is 0 Å². The maximum atomic E-state index is 8.21. The average molecular weight is 1420 g/mol. The zero-order valence-electron chi connectivity index (χ0n) is 56.8. The van der Waals surface area contributed by atoms with Crippen LogP contribution in [0.25, 0.3) is 212 Å². The first kappa shape index (κ1) is 61.6. The quantitative estimate of drug-likeness (QED) is 0.135. The number of aromatic nitrogens is 2. The molecule has 6 aromatic heterocycles. The number of fused-ring (bicyclic) bond motifs is 18. The molecule has 0 aliphatic rings. The Morgan fingerprint density at radius 3 is 1.03 bits per heavy atom. The molecule has 0 N–H and O–H groups in total. The van der Waals surface area contributed by atoms with Crippen molar-refractivity contribution in [2.45, 2.75) is 0 Å². The van der Waals surface area contributed by atoms with E-state index in [-0.39, 0.29) is 0 Å². The summed E-state index contributed by atoms with van der Waals surface area (Å²) >= 11 is 7.16. The van der Waals surface area contributed by atoms with Crippen molar-refractivity contribution in [1.82, 2.24) is 9.13 Å². The van der Waals surface area contributed by atoms with Crippen LogP contribution in [0.4, 0.5) is 11.4 Å². The smallest absolute Gasteiger partial charge is 0.204 e. The van der Waals surface area contributed by atoms with Crippen molar-refractivity contribution < 1.29 is 0 Å². The van der Waals surface area contributed by atoms with E-state index < -0.39 is 0 Å². The first-order valence-corrected chi connectivity index (χ1v) is 38.7. The summed E-state index contributed by atoms with van der Waals surface area (Å²) in [5, 5.41) is 14.7. The largest absolute Gasteiger partial charge is 0.308 e. The summed E-state index contributed by atoms with van der Waals surface area (Å²) < 4.78 is 14.5. The molecule has 22 aromatic rings. The molecule has 4 nitrogen and oxygen atoms in total. The third kappa shape index (κ3) is 9.81. The van der Waals surface area contributed by atoms with Crippen LogP contribution in [0.5, 0.6) is 0 Å². The molecular formula is C98H56N4S4. The first-order chi connectivity index (χ1) is 52.5. The lowest BCUT2D eigenvalue weighted by molar-refractivity contribution is 1.20. The molecule has 0 spiro atoms. The summed E-state index contributed by atoms with van der Waals surface area (Å²) in [7, 11) is 0. The van der Waals surface area contributed by atoms with Crippen molar-refractivity contribution in [3.8, 4) is 78.1 Å². The highest BCUT2D eigenvalue weighted by atomic mass is 32.1. The van der Waals surface area contributed by atoms with Crippen molar-refractivity contribution in [3.05, 3.63) is 363 Å². The lowest BCUT2D eigenvalue weighted by atomic mass is 9.95. The molecule has 0 unspecified atom stereocenters. The van der Waals surface area contributed by atoms with Gasteiger partial charge in [-0.25, -0.2) is 9.69 Å². The van der Waals surface area contributed by atoms with Gasteiger partial charge in [-0.3, -0.25) is 0 Å². The minimum atomic E-state index is 0.695. The van der Waals surface area contributed by atoms with E-state index in [9.17, 15) is 0 Å². The summed E-state index contributed by atoms with van der Waals surface area (Å²) in [6.45, 7) is 16.4. The predicted octanol–water partition coefficient (Wildman–Crippen LogP) is 30.1. The molecule has 0 fully saturated rings. The van der Waals surface area contributed by atoms with E-state index in [2.05, 4.69) is 346 Å². The van der Waals surface area contributed by atoms with Crippen molar-refractivity contribution >= 4 is 181 Å². The van der Waals surface area contributed by atoms with E-state index in [0.717, 1.165) is 59.2 Å². The lowest BCUT2D eigenvalue weighted by Crippen LogP contribution is -1.94. The van der Waals surface area contributed by atoms with E-state index in [1.807, 2.05) is 34.8 Å². The Kier molecular flexibility index (Phi) is 14.5. The van der Waals surface area contributed by atoms with Gasteiger partial charge in [0, 0.05) is 82.1 Å². The van der Waals surface area contributed by atoms with Gasteiger partial charge in [-0.05, 0) is 169 Å². The summed E-state index contributed by atoms with van der Waals surface area (Å²) in [5.74, 6) is 0. The predicted molar refractivity (Wildman–Crippen MR) is 458 cm³/mol. The highest BCUT2D eigenvalue weighted by Gasteiger charge is 2.25. The van der Waals surface area contributed by atoms with E-state index >= 15 is 0 Å². The van der Waals surface area contributed by atoms with Gasteiger partial charge in [-0.2, -0.15) is 0 Å². The SMILES string of the molecule is [C-]#[N+]c1ccc(-c2ccc3sc4ccccc4c3c2)c2c1sc1c(-n3c4ccc(-c5ccccc5)cc4c4cc(-c5ccccc5)ccc43)cccc12.[C-]#[N+]c1ccc(-c2cccc3sc4ccccc4c23)c2c1sc1c(-n3c4ccc(-c5ccccc5)cc4c4cc(-c5ccccc5)ccc43)cccc12. The Morgan fingerprint density at radius 2 is 0.557 bits per heavy atom. The Balaban J connectivity index is 0.000000136. The minimum absolute atomic E-state index is 0.695. The molecule has 22 rings (SSSR count). The van der Waals surface area contributed by atoms with Crippen LogP contribution in [-0.4, -0.2) is 9.13 Å². The Bertz CT molecular complexity index is 7270. The maximum Gasteiger partial charge on any atom is 0.204 e. The fourth-order valence-corrected chi connectivity index (χ4v) is 21.2. The second-order valence-corrected chi connectivity index (χ2v) is 31.3. The van der Waals surface area contributed by atoms with Crippen LogP contribution in [0.3, 0.4) is 0 Å². The third-order valence-electron chi connectivity index (χ3n) is 21.3. The molecule has 0 bridgehead atoms. The number of thiophene rings is 4. The second kappa shape index (κ2) is 24.9. The minimum Gasteiger partial charge on any atom is -0.308 e. The zero-order chi connectivity index (χ0) is 70.1. The topological polar surface area (TPSA) is 18.6 Å². The second-order valence-electron chi connectivity index (χ2n) is 27.1. The van der Waals surface area contributed by atoms with Crippen LogP contribution >= 0.6 is 45.3 Å². The van der Waals surface area contributed by atoms with Crippen molar-refractivity contribution in [1.29, 1.82) is 0 Å². The number of nitrogens with zero attached hydrogens (tertiary/aromatic N) is 4. The van der Waals surface area contributed by atoms with Gasteiger partial charge < -0.3 is 9.13 Å². The van der Waals surface area contributed by atoms with Gasteiger partial charge in [0.25, 0.3) is 0 Å². The third-order valence-corrected chi connectivity index (χ3v) is 26.1. The summed E-state index contributed by atoms with van der Waals surface area (Å²) in [4.78, 5) is 8.09. The number of hydrogen-bond acceptors (Lipinski definition) is 4. The Morgan fingerprint density at radius 1 is 0.208 bits per heavy atom. The van der Waals surface area contributed by atoms with Gasteiger partial charge in [0.1, 0.15) is 0 Å². The van der Waals surface area contributed by atoms with E-state index in [1.54, 1.807) is 22.7 Å². The molecule has 16 aromatic carbocycles. The summed E-state index contributed by atoms with van der Waals surface area (Å²) in [6, 6.07) is 123.